The van der Waals surface area contributed by atoms with Crippen LogP contribution in [0.3, 0.4) is 0 Å². The first-order chi connectivity index (χ1) is 8.54. The molecule has 0 radical (unpaired) electrons. The minimum Gasteiger partial charge on any atom is -0.394 e. The van der Waals surface area contributed by atoms with Crippen LogP contribution in [0, 0.1) is 5.92 Å². The Hall–Kier alpha value is -0.920. The highest BCUT2D eigenvalue weighted by Crippen LogP contribution is 2.38. The number of hydrogen-bond acceptors (Lipinski definition) is 2. The van der Waals surface area contributed by atoms with Crippen molar-refractivity contribution in [2.45, 2.75) is 50.2 Å². The molecule has 19 heavy (non-hydrogen) atoms. The van der Waals surface area contributed by atoms with Crippen LogP contribution in [0.1, 0.15) is 32.6 Å². The minimum absolute atomic E-state index is 0.0423. The molecule has 0 aromatic heterocycles. The molecule has 0 saturated heterocycles. The SMILES string of the molecule is CC1CCCC(CO)(NC(=O)C(F)(F)C(F)(F)F)C1. The van der Waals surface area contributed by atoms with Crippen molar-refractivity contribution in [1.82, 2.24) is 5.32 Å². The molecule has 1 amide bonds. The van der Waals surface area contributed by atoms with E-state index in [2.05, 4.69) is 0 Å². The van der Waals surface area contributed by atoms with E-state index in [0.717, 1.165) is 6.42 Å². The Bertz CT molecular complexity index is 344. The summed E-state index contributed by atoms with van der Waals surface area (Å²) in [6.07, 6.45) is -4.22. The fraction of sp³-hybridized carbons (Fsp3) is 0.909. The lowest BCUT2D eigenvalue weighted by molar-refractivity contribution is -0.270. The lowest BCUT2D eigenvalue weighted by Crippen LogP contribution is -2.60. The maximum atomic E-state index is 12.9. The molecule has 3 nitrogen and oxygen atoms in total. The fourth-order valence-electron chi connectivity index (χ4n) is 2.40. The van der Waals surface area contributed by atoms with E-state index in [0.29, 0.717) is 6.42 Å². The number of carbonyl (C=O) groups excluding carboxylic acids is 1. The van der Waals surface area contributed by atoms with E-state index < -0.39 is 30.2 Å². The maximum Gasteiger partial charge on any atom is 0.463 e. The second-order valence-corrected chi connectivity index (χ2v) is 5.17. The van der Waals surface area contributed by atoms with Crippen LogP contribution in [0.4, 0.5) is 22.0 Å². The maximum absolute atomic E-state index is 12.9. The Balaban J connectivity index is 2.84. The van der Waals surface area contributed by atoms with E-state index >= 15 is 0 Å². The van der Waals surface area contributed by atoms with Crippen LogP contribution in [0.25, 0.3) is 0 Å². The van der Waals surface area contributed by atoms with Crippen molar-refractivity contribution in [2.75, 3.05) is 6.61 Å². The van der Waals surface area contributed by atoms with Crippen molar-refractivity contribution in [3.63, 3.8) is 0 Å². The van der Waals surface area contributed by atoms with Gasteiger partial charge in [-0.05, 0) is 18.8 Å². The lowest BCUT2D eigenvalue weighted by Gasteiger charge is -2.40. The van der Waals surface area contributed by atoms with E-state index in [9.17, 15) is 31.9 Å². The van der Waals surface area contributed by atoms with Crippen LogP contribution in [-0.4, -0.2) is 35.3 Å². The third kappa shape index (κ3) is 3.34. The molecule has 1 saturated carbocycles. The van der Waals surface area contributed by atoms with Crippen LogP contribution in [-0.2, 0) is 4.79 Å². The zero-order valence-electron chi connectivity index (χ0n) is 10.4. The molecule has 1 rings (SSSR count). The number of alkyl halides is 5. The van der Waals surface area contributed by atoms with Gasteiger partial charge >= 0.3 is 18.0 Å². The number of nitrogens with one attached hydrogen (secondary N) is 1. The molecule has 1 fully saturated rings. The second kappa shape index (κ2) is 5.22. The summed E-state index contributed by atoms with van der Waals surface area (Å²) in [5.41, 5.74) is -1.39. The van der Waals surface area contributed by atoms with Gasteiger partial charge in [-0.1, -0.05) is 19.8 Å². The van der Waals surface area contributed by atoms with Crippen molar-refractivity contribution < 1.29 is 31.9 Å². The summed E-state index contributed by atoms with van der Waals surface area (Å²) in [5, 5.41) is 10.9. The van der Waals surface area contributed by atoms with Crippen molar-refractivity contribution in [3.8, 4) is 0 Å². The minimum atomic E-state index is -5.94. The molecule has 0 aliphatic heterocycles. The molecular weight excluding hydrogens is 273 g/mol. The quantitative estimate of drug-likeness (QED) is 0.783. The number of halogens is 5. The highest BCUT2D eigenvalue weighted by atomic mass is 19.4. The van der Waals surface area contributed by atoms with Gasteiger partial charge in [0.2, 0.25) is 0 Å². The predicted octanol–water partition coefficient (Wildman–Crippen LogP) is 2.24. The first-order valence-electron chi connectivity index (χ1n) is 5.92. The fourth-order valence-corrected chi connectivity index (χ4v) is 2.40. The zero-order valence-corrected chi connectivity index (χ0v) is 10.4. The lowest BCUT2D eigenvalue weighted by atomic mass is 9.76. The number of rotatable bonds is 3. The van der Waals surface area contributed by atoms with Crippen molar-refractivity contribution in [2.24, 2.45) is 5.92 Å². The van der Waals surface area contributed by atoms with Gasteiger partial charge in [0.25, 0.3) is 0 Å². The van der Waals surface area contributed by atoms with Gasteiger partial charge in [-0.2, -0.15) is 22.0 Å². The van der Waals surface area contributed by atoms with E-state index in [4.69, 9.17) is 0 Å². The second-order valence-electron chi connectivity index (χ2n) is 5.17. The molecule has 2 N–H and O–H groups in total. The van der Waals surface area contributed by atoms with Gasteiger partial charge in [0, 0.05) is 0 Å². The molecule has 0 spiro atoms. The molecule has 8 heteroatoms. The number of amides is 1. The monoisotopic (exact) mass is 289 g/mol. The summed E-state index contributed by atoms with van der Waals surface area (Å²) in [5.74, 6) is -7.81. The van der Waals surface area contributed by atoms with Crippen LogP contribution < -0.4 is 5.32 Å². The van der Waals surface area contributed by atoms with Gasteiger partial charge in [0.15, 0.2) is 0 Å². The van der Waals surface area contributed by atoms with Crippen molar-refractivity contribution in [3.05, 3.63) is 0 Å². The molecule has 112 valence electrons. The largest absolute Gasteiger partial charge is 0.463 e. The summed E-state index contributed by atoms with van der Waals surface area (Å²) in [6.45, 7) is 1.13. The molecule has 2 unspecified atom stereocenters. The average Bonchev–Trinajstić information content (AvgIpc) is 2.27. The van der Waals surface area contributed by atoms with Gasteiger partial charge in [-0.15, -0.1) is 0 Å². The van der Waals surface area contributed by atoms with Gasteiger partial charge in [0.1, 0.15) is 0 Å². The first kappa shape index (κ1) is 16.1. The van der Waals surface area contributed by atoms with Crippen LogP contribution in [0.5, 0.6) is 0 Å². The first-order valence-corrected chi connectivity index (χ1v) is 5.92. The van der Waals surface area contributed by atoms with Crippen molar-refractivity contribution >= 4 is 5.91 Å². The Morgan fingerprint density at radius 2 is 1.95 bits per heavy atom. The van der Waals surface area contributed by atoms with Gasteiger partial charge in [-0.3, -0.25) is 4.79 Å². The topological polar surface area (TPSA) is 49.3 Å². The van der Waals surface area contributed by atoms with Gasteiger partial charge in [0.05, 0.1) is 12.1 Å². The standard InChI is InChI=1S/C11H16F5NO2/c1-7-3-2-4-9(5-7,6-18)17-8(19)10(12,13)11(14,15)16/h7,18H,2-6H2,1H3,(H,17,19). The summed E-state index contributed by atoms with van der Waals surface area (Å²) in [6, 6.07) is 0. The smallest absolute Gasteiger partial charge is 0.394 e. The molecule has 1 aliphatic rings. The number of carbonyl (C=O) groups is 1. The summed E-state index contributed by atoms with van der Waals surface area (Å²) >= 11 is 0. The molecule has 0 heterocycles. The van der Waals surface area contributed by atoms with Crippen LogP contribution in [0.2, 0.25) is 0 Å². The van der Waals surface area contributed by atoms with Crippen LogP contribution >= 0.6 is 0 Å². The Kier molecular flexibility index (Phi) is 4.44. The van der Waals surface area contributed by atoms with E-state index in [1.54, 1.807) is 12.2 Å². The highest BCUT2D eigenvalue weighted by molar-refractivity contribution is 5.85. The Morgan fingerprint density at radius 1 is 1.37 bits per heavy atom. The van der Waals surface area contributed by atoms with Gasteiger partial charge < -0.3 is 10.4 Å². The van der Waals surface area contributed by atoms with Gasteiger partial charge in [-0.25, -0.2) is 0 Å². The third-order valence-corrected chi connectivity index (χ3v) is 3.41. The summed E-state index contributed by atoms with van der Waals surface area (Å²) < 4.78 is 61.9. The van der Waals surface area contributed by atoms with E-state index in [1.165, 1.54) is 0 Å². The molecule has 0 aromatic rings. The number of aliphatic hydroxyl groups excluding tert-OH is 1. The Labute approximate surface area is 107 Å². The zero-order chi connectivity index (χ0) is 14.9. The predicted molar refractivity (Wildman–Crippen MR) is 56.6 cm³/mol. The third-order valence-electron chi connectivity index (χ3n) is 3.41. The summed E-state index contributed by atoms with van der Waals surface area (Å²) in [7, 11) is 0. The van der Waals surface area contributed by atoms with Crippen LogP contribution in [0.15, 0.2) is 0 Å². The van der Waals surface area contributed by atoms with E-state index in [1.807, 2.05) is 0 Å². The molecule has 0 aromatic carbocycles. The molecular formula is C11H16F5NO2. The normalized spacial score (nSPS) is 29.1. The molecule has 1 aliphatic carbocycles. The number of hydrogen-bond donors (Lipinski definition) is 2. The average molecular weight is 289 g/mol. The van der Waals surface area contributed by atoms with E-state index in [-0.39, 0.29) is 18.8 Å². The summed E-state index contributed by atoms with van der Waals surface area (Å²) in [4.78, 5) is 11.2. The highest BCUT2D eigenvalue weighted by Gasteiger charge is 2.64. The number of aliphatic hydroxyl groups is 1. The van der Waals surface area contributed by atoms with Crippen molar-refractivity contribution in [1.29, 1.82) is 0 Å². The Morgan fingerprint density at radius 3 is 2.37 bits per heavy atom. The molecule has 0 bridgehead atoms. The molecule has 2 atom stereocenters.